The second-order valence-corrected chi connectivity index (χ2v) is 6.87. The molecule has 0 aliphatic rings. The van der Waals surface area contributed by atoms with Crippen molar-refractivity contribution in [1.82, 2.24) is 10.5 Å². The van der Waals surface area contributed by atoms with Crippen LogP contribution in [0.1, 0.15) is 43.3 Å². The van der Waals surface area contributed by atoms with Crippen molar-refractivity contribution in [2.45, 2.75) is 40.2 Å². The maximum atomic E-state index is 11.6. The van der Waals surface area contributed by atoms with E-state index in [1.165, 1.54) is 0 Å². The summed E-state index contributed by atoms with van der Waals surface area (Å²) in [4.78, 5) is 0. The van der Waals surface area contributed by atoms with Gasteiger partial charge >= 0.3 is 0 Å². The summed E-state index contributed by atoms with van der Waals surface area (Å²) < 4.78 is 28.2. The fraction of sp³-hybridized carbons (Fsp3) is 0.750. The summed E-state index contributed by atoms with van der Waals surface area (Å²) >= 11 is 0. The number of nitrogens with one attached hydrogen (secondary N) is 1. The van der Waals surface area contributed by atoms with E-state index in [4.69, 9.17) is 4.52 Å². The van der Waals surface area contributed by atoms with Crippen LogP contribution in [0.25, 0.3) is 0 Å². The molecular weight excluding hydrogens is 252 g/mol. The first-order valence-corrected chi connectivity index (χ1v) is 8.06. The fourth-order valence-corrected chi connectivity index (χ4v) is 3.31. The molecule has 1 aromatic rings. The molecule has 0 aliphatic carbocycles. The normalized spacial score (nSPS) is 13.8. The SMILES string of the molecule is CCCS(=O)(=O)CCNC(C)c1c(C)noc1C. The van der Waals surface area contributed by atoms with Gasteiger partial charge in [-0.15, -0.1) is 0 Å². The van der Waals surface area contributed by atoms with Crippen LogP contribution >= 0.6 is 0 Å². The third-order valence-electron chi connectivity index (χ3n) is 2.90. The highest BCUT2D eigenvalue weighted by atomic mass is 32.2. The zero-order valence-electron chi connectivity index (χ0n) is 11.5. The van der Waals surface area contributed by atoms with Crippen LogP contribution in [0, 0.1) is 13.8 Å². The monoisotopic (exact) mass is 274 g/mol. The quantitative estimate of drug-likeness (QED) is 0.820. The molecule has 0 saturated carbocycles. The minimum absolute atomic E-state index is 0.0491. The Labute approximate surface area is 109 Å². The minimum Gasteiger partial charge on any atom is -0.361 e. The number of sulfone groups is 1. The van der Waals surface area contributed by atoms with E-state index in [9.17, 15) is 8.42 Å². The molecule has 0 saturated heterocycles. The van der Waals surface area contributed by atoms with E-state index in [-0.39, 0.29) is 17.5 Å². The number of aromatic nitrogens is 1. The molecule has 6 heteroatoms. The van der Waals surface area contributed by atoms with Crippen LogP contribution in [0.2, 0.25) is 0 Å². The maximum Gasteiger partial charge on any atom is 0.151 e. The Morgan fingerprint density at radius 3 is 2.50 bits per heavy atom. The summed E-state index contributed by atoms with van der Waals surface area (Å²) in [6.45, 7) is 8.06. The van der Waals surface area contributed by atoms with Gasteiger partial charge in [-0.3, -0.25) is 0 Å². The molecule has 5 nitrogen and oxygen atoms in total. The Morgan fingerprint density at radius 1 is 1.33 bits per heavy atom. The van der Waals surface area contributed by atoms with Crippen molar-refractivity contribution in [2.75, 3.05) is 18.1 Å². The van der Waals surface area contributed by atoms with E-state index >= 15 is 0 Å². The van der Waals surface area contributed by atoms with E-state index < -0.39 is 9.84 Å². The molecule has 0 fully saturated rings. The third kappa shape index (κ3) is 4.10. The molecule has 1 heterocycles. The predicted octanol–water partition coefficient (Wildman–Crippen LogP) is 1.77. The van der Waals surface area contributed by atoms with Crippen LogP contribution < -0.4 is 5.32 Å². The molecule has 1 N–H and O–H groups in total. The molecule has 0 spiro atoms. The maximum absolute atomic E-state index is 11.6. The summed E-state index contributed by atoms with van der Waals surface area (Å²) in [7, 11) is -2.92. The molecule has 104 valence electrons. The minimum atomic E-state index is -2.92. The molecule has 0 amide bonds. The topological polar surface area (TPSA) is 72.2 Å². The lowest BCUT2D eigenvalue weighted by Gasteiger charge is -2.13. The standard InChI is InChI=1S/C12H22N2O3S/c1-5-7-18(15,16)8-6-13-9(2)12-10(3)14-17-11(12)4/h9,13H,5-8H2,1-4H3. The summed E-state index contributed by atoms with van der Waals surface area (Å²) in [6.07, 6.45) is 0.668. The molecule has 0 bridgehead atoms. The van der Waals surface area contributed by atoms with E-state index in [0.717, 1.165) is 17.0 Å². The summed E-state index contributed by atoms with van der Waals surface area (Å²) in [6, 6.07) is 0.0491. The first-order chi connectivity index (χ1) is 8.37. The molecule has 0 aliphatic heterocycles. The number of aryl methyl sites for hydroxylation is 2. The number of hydrogen-bond donors (Lipinski definition) is 1. The number of hydrogen-bond acceptors (Lipinski definition) is 5. The highest BCUT2D eigenvalue weighted by molar-refractivity contribution is 7.91. The molecule has 1 atom stereocenters. The van der Waals surface area contributed by atoms with Crippen molar-refractivity contribution in [3.8, 4) is 0 Å². The second-order valence-electron chi connectivity index (χ2n) is 4.57. The zero-order chi connectivity index (χ0) is 13.8. The number of nitrogens with zero attached hydrogens (tertiary/aromatic N) is 1. The molecule has 0 aromatic carbocycles. The van der Waals surface area contributed by atoms with Crippen LogP contribution in [-0.2, 0) is 9.84 Å². The van der Waals surface area contributed by atoms with Gasteiger partial charge in [0.15, 0.2) is 9.84 Å². The zero-order valence-corrected chi connectivity index (χ0v) is 12.3. The van der Waals surface area contributed by atoms with Crippen LogP contribution in [0.15, 0.2) is 4.52 Å². The number of rotatable bonds is 7. The van der Waals surface area contributed by atoms with Gasteiger partial charge in [-0.25, -0.2) is 8.42 Å². The lowest BCUT2D eigenvalue weighted by molar-refractivity contribution is 0.390. The lowest BCUT2D eigenvalue weighted by Crippen LogP contribution is -2.27. The summed E-state index contributed by atoms with van der Waals surface area (Å²) in [5.41, 5.74) is 1.87. The van der Waals surface area contributed by atoms with Gasteiger partial charge in [-0.05, 0) is 27.2 Å². The van der Waals surface area contributed by atoms with Crippen molar-refractivity contribution in [2.24, 2.45) is 0 Å². The van der Waals surface area contributed by atoms with Crippen molar-refractivity contribution in [1.29, 1.82) is 0 Å². The fourth-order valence-electron chi connectivity index (χ4n) is 2.05. The van der Waals surface area contributed by atoms with Gasteiger partial charge in [0.1, 0.15) is 5.76 Å². The Hall–Kier alpha value is -0.880. The van der Waals surface area contributed by atoms with Crippen LogP contribution in [-0.4, -0.2) is 31.6 Å². The predicted molar refractivity (Wildman–Crippen MR) is 71.3 cm³/mol. The Kier molecular flexibility index (Phi) is 5.34. The summed E-state index contributed by atoms with van der Waals surface area (Å²) in [5.74, 6) is 1.21. The van der Waals surface area contributed by atoms with Gasteiger partial charge in [-0.2, -0.15) is 0 Å². The van der Waals surface area contributed by atoms with E-state index in [1.54, 1.807) is 0 Å². The molecule has 18 heavy (non-hydrogen) atoms. The van der Waals surface area contributed by atoms with Crippen molar-refractivity contribution >= 4 is 9.84 Å². The lowest BCUT2D eigenvalue weighted by atomic mass is 10.1. The third-order valence-corrected chi connectivity index (χ3v) is 4.76. The smallest absolute Gasteiger partial charge is 0.151 e. The molecule has 1 unspecified atom stereocenters. The van der Waals surface area contributed by atoms with Crippen molar-refractivity contribution in [3.05, 3.63) is 17.0 Å². The highest BCUT2D eigenvalue weighted by Crippen LogP contribution is 2.20. The van der Waals surface area contributed by atoms with Gasteiger partial charge in [0.2, 0.25) is 0 Å². The van der Waals surface area contributed by atoms with Gasteiger partial charge in [-0.1, -0.05) is 12.1 Å². The average molecular weight is 274 g/mol. The first-order valence-electron chi connectivity index (χ1n) is 6.24. The molecular formula is C12H22N2O3S. The van der Waals surface area contributed by atoms with Crippen LogP contribution in [0.4, 0.5) is 0 Å². The Balaban J connectivity index is 2.50. The second kappa shape index (κ2) is 6.33. The molecule has 0 radical (unpaired) electrons. The van der Waals surface area contributed by atoms with Crippen LogP contribution in [0.5, 0.6) is 0 Å². The molecule has 1 aromatic heterocycles. The Morgan fingerprint density at radius 2 is 2.00 bits per heavy atom. The average Bonchev–Trinajstić information content (AvgIpc) is 2.58. The summed E-state index contributed by atoms with van der Waals surface area (Å²) in [5, 5.41) is 7.09. The first kappa shape index (κ1) is 15.2. The van der Waals surface area contributed by atoms with Gasteiger partial charge in [0, 0.05) is 23.9 Å². The van der Waals surface area contributed by atoms with E-state index in [1.807, 2.05) is 27.7 Å². The van der Waals surface area contributed by atoms with Gasteiger partial charge in [0.05, 0.1) is 11.4 Å². The van der Waals surface area contributed by atoms with Gasteiger partial charge < -0.3 is 9.84 Å². The van der Waals surface area contributed by atoms with Crippen molar-refractivity contribution in [3.63, 3.8) is 0 Å². The largest absolute Gasteiger partial charge is 0.361 e. The highest BCUT2D eigenvalue weighted by Gasteiger charge is 2.16. The molecule has 1 rings (SSSR count). The van der Waals surface area contributed by atoms with E-state index in [0.29, 0.717) is 13.0 Å². The van der Waals surface area contributed by atoms with Gasteiger partial charge in [0.25, 0.3) is 0 Å². The van der Waals surface area contributed by atoms with Crippen molar-refractivity contribution < 1.29 is 12.9 Å². The Bertz CT molecular complexity index is 460. The van der Waals surface area contributed by atoms with Crippen LogP contribution in [0.3, 0.4) is 0 Å². The van der Waals surface area contributed by atoms with E-state index in [2.05, 4.69) is 10.5 Å².